The average molecular weight is 655 g/mol. The molecule has 2 heterocycles. The molecule has 0 radical (unpaired) electrons. The van der Waals surface area contributed by atoms with Crippen LogP contribution in [0, 0.1) is 0 Å². The van der Waals surface area contributed by atoms with Crippen LogP contribution >= 0.6 is 0 Å². The molecule has 0 unspecified atom stereocenters. The molecule has 13 nitrogen and oxygen atoms in total. The third-order valence-electron chi connectivity index (χ3n) is 7.25. The van der Waals surface area contributed by atoms with Crippen molar-refractivity contribution in [3.05, 3.63) is 73.1 Å². The van der Waals surface area contributed by atoms with Gasteiger partial charge >= 0.3 is 30.8 Å². The number of pyridine rings is 2. The molecule has 0 saturated heterocycles. The minimum Gasteiger partial charge on any atom is -0.870 e. The number of carbonyl (C=O) groups is 2. The molecule has 2 N–H and O–H groups in total. The number of aliphatic carboxylic acids is 1. The van der Waals surface area contributed by atoms with Crippen LogP contribution in [-0.2, 0) is 34.4 Å². The Balaban J connectivity index is 0.000000431. The molecule has 0 spiro atoms. The van der Waals surface area contributed by atoms with E-state index in [0.29, 0.717) is 21.8 Å². The van der Waals surface area contributed by atoms with Crippen LogP contribution in [0.3, 0.4) is 0 Å². The summed E-state index contributed by atoms with van der Waals surface area (Å²) in [5.41, 5.74) is -2.19. The second-order valence-electron chi connectivity index (χ2n) is 10.5. The third-order valence-corrected chi connectivity index (χ3v) is 11.4. The van der Waals surface area contributed by atoms with Crippen molar-refractivity contribution in [2.75, 3.05) is 21.2 Å². The van der Waals surface area contributed by atoms with Gasteiger partial charge in [0.15, 0.2) is 0 Å². The molecule has 0 bridgehead atoms. The molecule has 0 aliphatic heterocycles. The van der Waals surface area contributed by atoms with Gasteiger partial charge in [-0.25, -0.2) is 16.8 Å². The summed E-state index contributed by atoms with van der Waals surface area (Å²) in [7, 11) is -4.05. The van der Waals surface area contributed by atoms with Gasteiger partial charge < -0.3 is 15.3 Å². The predicted molar refractivity (Wildman–Crippen MR) is 163 cm³/mol. The Morgan fingerprint density at radius 2 is 1.07 bits per heavy atom. The predicted octanol–water partition coefficient (Wildman–Crippen LogP) is 0.353. The Morgan fingerprint density at radius 1 is 0.711 bits per heavy atom. The molecular weight excluding hydrogens is 619 g/mol. The smallest absolute Gasteiger partial charge is 0.870 e. The first-order valence-electron chi connectivity index (χ1n) is 12.9. The van der Waals surface area contributed by atoms with E-state index in [4.69, 9.17) is 4.74 Å². The van der Waals surface area contributed by atoms with E-state index < -0.39 is 43.1 Å². The molecule has 0 aliphatic carbocycles. The van der Waals surface area contributed by atoms with Gasteiger partial charge in [-0.1, -0.05) is 36.4 Å². The molecule has 0 aliphatic rings. The van der Waals surface area contributed by atoms with E-state index in [-0.39, 0.29) is 34.1 Å². The number of carboxylic acid groups (broad SMARTS) is 1. The maximum absolute atomic E-state index is 12.9. The first kappa shape index (κ1) is 39.6. The van der Waals surface area contributed by atoms with Crippen LogP contribution in [0.25, 0.3) is 21.8 Å². The normalized spacial score (nSPS) is 12.1. The van der Waals surface area contributed by atoms with Gasteiger partial charge in [0.25, 0.3) is 0 Å². The first-order chi connectivity index (χ1) is 19.9. The number of carbonyl (C=O) groups excluding carboxylic acids is 1. The number of para-hydroxylation sites is 2. The summed E-state index contributed by atoms with van der Waals surface area (Å²) >= 11 is 0. The molecule has 16 heteroatoms. The molecule has 0 atom stereocenters. The number of hydrogen-bond acceptors (Lipinski definition) is 10. The summed E-state index contributed by atoms with van der Waals surface area (Å²) < 4.78 is 57.8. The van der Waals surface area contributed by atoms with Crippen LogP contribution in [0.2, 0.25) is 0 Å². The number of rotatable bonds is 8. The fourth-order valence-electron chi connectivity index (χ4n) is 3.98. The monoisotopic (exact) mass is 654 g/mol. The number of esters is 1. The minimum atomic E-state index is -3.98. The van der Waals surface area contributed by atoms with E-state index >= 15 is 0 Å². The molecule has 2 aromatic carbocycles. The largest absolute Gasteiger partial charge is 1.00 e. The topological polar surface area (TPSA) is 194 Å². The van der Waals surface area contributed by atoms with Crippen molar-refractivity contribution in [3.63, 3.8) is 0 Å². The Labute approximate surface area is 274 Å². The van der Waals surface area contributed by atoms with E-state index in [1.807, 2.05) is 0 Å². The number of nitrogens with zero attached hydrogens (tertiary/aromatic N) is 4. The van der Waals surface area contributed by atoms with Crippen LogP contribution in [0.15, 0.2) is 82.8 Å². The van der Waals surface area contributed by atoms with E-state index in [2.05, 4.69) is 9.97 Å². The van der Waals surface area contributed by atoms with Crippen molar-refractivity contribution in [1.29, 1.82) is 0 Å². The van der Waals surface area contributed by atoms with Gasteiger partial charge in [0.05, 0.1) is 18.1 Å². The first-order valence-corrected chi connectivity index (χ1v) is 15.8. The number of sulfonamides is 2. The van der Waals surface area contributed by atoms with Gasteiger partial charge in [-0.2, -0.15) is 8.61 Å². The molecule has 0 saturated carbocycles. The van der Waals surface area contributed by atoms with Crippen LogP contribution in [0.5, 0.6) is 0 Å². The van der Waals surface area contributed by atoms with Gasteiger partial charge in [-0.15, -0.1) is 0 Å². The molecule has 2 aromatic heterocycles. The Kier molecular flexibility index (Phi) is 13.0. The summed E-state index contributed by atoms with van der Waals surface area (Å²) in [5, 5.41) is 10.6. The number of likely N-dealkylation sites (N-methyl/N-ethyl adjacent to an activating group) is 2. The second-order valence-corrected chi connectivity index (χ2v) is 14.4. The second kappa shape index (κ2) is 14.8. The molecule has 45 heavy (non-hydrogen) atoms. The van der Waals surface area contributed by atoms with Crippen molar-refractivity contribution in [2.24, 2.45) is 0 Å². The number of benzene rings is 2. The van der Waals surface area contributed by atoms with E-state index in [0.717, 1.165) is 8.61 Å². The van der Waals surface area contributed by atoms with Crippen LogP contribution < -0.4 is 18.9 Å². The van der Waals surface area contributed by atoms with E-state index in [1.165, 1.54) is 73.4 Å². The van der Waals surface area contributed by atoms with Gasteiger partial charge in [-0.05, 0) is 52.0 Å². The molecule has 0 fully saturated rings. The van der Waals surface area contributed by atoms with Crippen LogP contribution in [0.4, 0.5) is 0 Å². The molecule has 238 valence electrons. The van der Waals surface area contributed by atoms with Crippen molar-refractivity contribution in [1.82, 2.24) is 18.6 Å². The van der Waals surface area contributed by atoms with Crippen molar-refractivity contribution >= 4 is 53.8 Å². The Morgan fingerprint density at radius 3 is 1.42 bits per heavy atom. The number of hydrogen-bond donors (Lipinski definition) is 1. The van der Waals surface area contributed by atoms with Crippen molar-refractivity contribution in [3.8, 4) is 0 Å². The average Bonchev–Trinajstić information content (AvgIpc) is 2.99. The summed E-state index contributed by atoms with van der Waals surface area (Å²) in [6.45, 7) is 5.67. The molecular formula is C29H35LiN4O9S2. The van der Waals surface area contributed by atoms with Crippen molar-refractivity contribution in [2.45, 2.75) is 48.6 Å². The Bertz CT molecular complexity index is 1890. The third kappa shape index (κ3) is 7.70. The summed E-state index contributed by atoms with van der Waals surface area (Å²) in [4.78, 5) is 31.5. The molecule has 0 amide bonds. The SMILES string of the molecule is CN(C(C)(C)C(=O)O)S(=O)(=O)c1cccc2cccnc12.COC(=O)C(C)(C)N(C)S(=O)(=O)c1cccc2cccnc12.[Li+].[OH-]. The van der Waals surface area contributed by atoms with Crippen LogP contribution in [-0.4, -0.2) is 90.2 Å². The zero-order valence-corrected chi connectivity index (χ0v) is 27.9. The van der Waals surface area contributed by atoms with Crippen molar-refractivity contribution < 1.29 is 60.6 Å². The summed E-state index contributed by atoms with van der Waals surface area (Å²) in [6.07, 6.45) is 3.04. The van der Waals surface area contributed by atoms with Gasteiger partial charge in [0, 0.05) is 37.3 Å². The van der Waals surface area contributed by atoms with E-state index in [9.17, 15) is 31.5 Å². The maximum atomic E-state index is 12.9. The van der Waals surface area contributed by atoms with Gasteiger partial charge in [0.2, 0.25) is 20.0 Å². The number of fused-ring (bicyclic) bond motifs is 2. The zero-order chi connectivity index (χ0) is 32.4. The quantitative estimate of drug-likeness (QED) is 0.204. The number of ether oxygens (including phenoxy) is 1. The number of methoxy groups -OCH3 is 1. The number of aromatic nitrogens is 2. The fourth-order valence-corrected chi connectivity index (χ4v) is 7.25. The minimum absolute atomic E-state index is 0. The zero-order valence-electron chi connectivity index (χ0n) is 26.3. The van der Waals surface area contributed by atoms with E-state index in [1.54, 1.807) is 48.5 Å². The van der Waals surface area contributed by atoms with Gasteiger partial charge in [0.1, 0.15) is 20.9 Å². The fraction of sp³-hybridized carbons (Fsp3) is 0.310. The summed E-state index contributed by atoms with van der Waals surface area (Å²) in [6, 6.07) is 16.7. The summed E-state index contributed by atoms with van der Waals surface area (Å²) in [5.74, 6) is -1.85. The Hall–Kier alpha value is -3.42. The van der Waals surface area contributed by atoms with Gasteiger partial charge in [-0.3, -0.25) is 19.6 Å². The molecule has 4 aromatic rings. The maximum Gasteiger partial charge on any atom is 1.00 e. The number of carboxylic acids is 1. The molecule has 4 rings (SSSR count). The van der Waals surface area contributed by atoms with Crippen LogP contribution in [0.1, 0.15) is 27.7 Å². The standard InChI is InChI=1S/C15H18N2O4S.C14H16N2O4S.Li.H2O/c1-15(2,14(18)21-4)17(3)22(19,20)12-9-5-7-11-8-6-10-16-13(11)12;1-14(2,13(17)18)16(3)21(19,20)11-8-4-6-10-7-5-9-15-12(10)11;;/h5-10H,1-4H3;4-9H,1-3H3,(H,17,18);;1H2/q;;+1;/p-1.